The minimum atomic E-state index is -1.15. The molecular weight excluding hydrogens is 397 g/mol. The molecule has 7 heteroatoms. The number of rotatable bonds is 6. The highest BCUT2D eigenvalue weighted by Crippen LogP contribution is 2.31. The van der Waals surface area contributed by atoms with Crippen LogP contribution in [-0.2, 0) is 16.0 Å². The summed E-state index contributed by atoms with van der Waals surface area (Å²) in [7, 11) is 1.55. The van der Waals surface area contributed by atoms with Crippen LogP contribution >= 0.6 is 11.6 Å². The number of hydrogen-bond acceptors (Lipinski definition) is 4. The zero-order valence-corrected chi connectivity index (χ0v) is 16.8. The van der Waals surface area contributed by atoms with Crippen molar-refractivity contribution < 1.29 is 23.5 Å². The van der Waals surface area contributed by atoms with Crippen molar-refractivity contribution in [1.29, 1.82) is 0 Å². The largest absolute Gasteiger partial charge is 0.497 e. The Balaban J connectivity index is 2.04. The second kappa shape index (κ2) is 8.49. The Kier molecular flexibility index (Phi) is 6.03. The summed E-state index contributed by atoms with van der Waals surface area (Å²) in [6.45, 7) is 4.69. The molecule has 0 amide bonds. The Morgan fingerprint density at radius 1 is 1.17 bits per heavy atom. The molecule has 0 N–H and O–H groups in total. The van der Waals surface area contributed by atoms with E-state index in [1.807, 2.05) is 13.0 Å². The van der Waals surface area contributed by atoms with E-state index in [2.05, 4.69) is 6.58 Å². The summed E-state index contributed by atoms with van der Waals surface area (Å²) in [5, 5.41) is 1.33. The van der Waals surface area contributed by atoms with Crippen LogP contribution in [0.2, 0.25) is 5.02 Å². The Bertz CT molecular complexity index is 1100. The number of carbonyl (C=O) groups excluding carboxylic acids is 2. The number of hydrogen-bond donors (Lipinski definition) is 0. The second-order valence-electron chi connectivity index (χ2n) is 6.39. The van der Waals surface area contributed by atoms with Gasteiger partial charge in [-0.05, 0) is 55.0 Å². The highest BCUT2D eigenvalue weighted by atomic mass is 35.5. The van der Waals surface area contributed by atoms with Gasteiger partial charge in [-0.25, -0.2) is 4.79 Å². The number of ether oxygens (including phenoxy) is 2. The molecule has 0 atom stereocenters. The van der Waals surface area contributed by atoms with Crippen LogP contribution < -0.4 is 4.74 Å². The van der Waals surface area contributed by atoms with Gasteiger partial charge in [0.05, 0.1) is 19.2 Å². The fourth-order valence-electron chi connectivity index (χ4n) is 3.21. The SMILES string of the molecule is C=C(F)C(=O)OCCc1c(C)n(C(=O)c2ccc(Cl)cc2)c2ccc(OC)cc12. The van der Waals surface area contributed by atoms with Crippen molar-refractivity contribution in [2.45, 2.75) is 13.3 Å². The minimum absolute atomic E-state index is 0.0475. The van der Waals surface area contributed by atoms with E-state index in [-0.39, 0.29) is 12.5 Å². The van der Waals surface area contributed by atoms with Gasteiger partial charge in [0.2, 0.25) is 5.83 Å². The summed E-state index contributed by atoms with van der Waals surface area (Å²) in [6, 6.07) is 12.0. The van der Waals surface area contributed by atoms with Gasteiger partial charge in [0.15, 0.2) is 0 Å². The molecule has 1 heterocycles. The third-order valence-electron chi connectivity index (χ3n) is 4.64. The molecule has 0 spiro atoms. The molecule has 1 aromatic heterocycles. The smallest absolute Gasteiger partial charge is 0.366 e. The first kappa shape index (κ1) is 20.6. The lowest BCUT2D eigenvalue weighted by Crippen LogP contribution is -2.14. The molecule has 3 rings (SSSR count). The molecule has 2 aromatic carbocycles. The monoisotopic (exact) mass is 415 g/mol. The summed E-state index contributed by atoms with van der Waals surface area (Å²) in [6.07, 6.45) is 0.301. The van der Waals surface area contributed by atoms with Crippen molar-refractivity contribution in [3.63, 3.8) is 0 Å². The van der Waals surface area contributed by atoms with E-state index in [1.165, 1.54) is 0 Å². The zero-order valence-electron chi connectivity index (χ0n) is 16.0. The normalized spacial score (nSPS) is 10.8. The second-order valence-corrected chi connectivity index (χ2v) is 6.82. The summed E-state index contributed by atoms with van der Waals surface area (Å²) >= 11 is 5.92. The molecule has 0 aliphatic rings. The van der Waals surface area contributed by atoms with Crippen molar-refractivity contribution in [2.24, 2.45) is 0 Å². The van der Waals surface area contributed by atoms with Crippen LogP contribution in [0.1, 0.15) is 21.6 Å². The Morgan fingerprint density at radius 3 is 2.48 bits per heavy atom. The van der Waals surface area contributed by atoms with E-state index in [9.17, 15) is 14.0 Å². The van der Waals surface area contributed by atoms with Crippen LogP contribution in [0.25, 0.3) is 10.9 Å². The first-order chi connectivity index (χ1) is 13.8. The molecule has 29 heavy (non-hydrogen) atoms. The van der Waals surface area contributed by atoms with E-state index >= 15 is 0 Å². The minimum Gasteiger partial charge on any atom is -0.497 e. The third-order valence-corrected chi connectivity index (χ3v) is 4.89. The average Bonchev–Trinajstić information content (AvgIpc) is 2.98. The standard InChI is InChI=1S/C22H19ClFNO4/c1-13(24)22(27)29-11-10-18-14(2)25(20-9-8-17(28-3)12-19(18)20)21(26)15-4-6-16(23)7-5-15/h4-9,12H,1,10-11H2,2-3H3. The molecule has 0 aliphatic carbocycles. The van der Waals surface area contributed by atoms with Gasteiger partial charge in [-0.1, -0.05) is 18.2 Å². The van der Waals surface area contributed by atoms with Crippen LogP contribution in [0.15, 0.2) is 54.9 Å². The summed E-state index contributed by atoms with van der Waals surface area (Å²) in [5.74, 6) is -1.83. The van der Waals surface area contributed by atoms with Crippen LogP contribution in [0.4, 0.5) is 4.39 Å². The number of halogens is 2. The number of aromatic nitrogens is 1. The van der Waals surface area contributed by atoms with Crippen LogP contribution in [-0.4, -0.2) is 30.2 Å². The summed E-state index contributed by atoms with van der Waals surface area (Å²) < 4.78 is 24.6. The lowest BCUT2D eigenvalue weighted by atomic mass is 10.1. The van der Waals surface area contributed by atoms with Crippen molar-refractivity contribution in [3.05, 3.63) is 76.7 Å². The highest BCUT2D eigenvalue weighted by Gasteiger charge is 2.21. The topological polar surface area (TPSA) is 57.5 Å². The lowest BCUT2D eigenvalue weighted by molar-refractivity contribution is -0.140. The van der Waals surface area contributed by atoms with Gasteiger partial charge in [0.25, 0.3) is 5.91 Å². The number of carbonyl (C=O) groups is 2. The van der Waals surface area contributed by atoms with E-state index in [0.29, 0.717) is 34.0 Å². The van der Waals surface area contributed by atoms with Crippen LogP contribution in [0.3, 0.4) is 0 Å². The van der Waals surface area contributed by atoms with Gasteiger partial charge in [-0.15, -0.1) is 0 Å². The van der Waals surface area contributed by atoms with Gasteiger partial charge in [0, 0.05) is 28.1 Å². The maximum Gasteiger partial charge on any atom is 0.366 e. The van der Waals surface area contributed by atoms with Crippen molar-refractivity contribution in [2.75, 3.05) is 13.7 Å². The predicted molar refractivity (Wildman–Crippen MR) is 109 cm³/mol. The Morgan fingerprint density at radius 2 is 1.86 bits per heavy atom. The maximum atomic E-state index is 13.2. The van der Waals surface area contributed by atoms with Crippen molar-refractivity contribution in [1.82, 2.24) is 4.57 Å². The molecule has 0 saturated carbocycles. The van der Waals surface area contributed by atoms with Crippen molar-refractivity contribution >= 4 is 34.4 Å². The zero-order chi connectivity index (χ0) is 21.1. The maximum absolute atomic E-state index is 13.2. The Hall–Kier alpha value is -3.12. The third kappa shape index (κ3) is 4.17. The molecular formula is C22H19ClFNO4. The molecule has 0 bridgehead atoms. The molecule has 0 saturated heterocycles. The van der Waals surface area contributed by atoms with Crippen LogP contribution in [0.5, 0.6) is 5.75 Å². The van der Waals surface area contributed by atoms with Gasteiger partial charge in [-0.3, -0.25) is 9.36 Å². The first-order valence-corrected chi connectivity index (χ1v) is 9.21. The summed E-state index contributed by atoms with van der Waals surface area (Å²) in [5.41, 5.74) is 2.68. The molecule has 0 fully saturated rings. The first-order valence-electron chi connectivity index (χ1n) is 8.83. The predicted octanol–water partition coefficient (Wildman–Crippen LogP) is 4.87. The number of nitrogens with zero attached hydrogens (tertiary/aromatic N) is 1. The molecule has 0 radical (unpaired) electrons. The molecule has 0 aliphatic heterocycles. The molecule has 0 unspecified atom stereocenters. The number of benzene rings is 2. The fraction of sp³-hybridized carbons (Fsp3) is 0.182. The Labute approximate surface area is 172 Å². The molecule has 3 aromatic rings. The number of esters is 1. The van der Waals surface area contributed by atoms with Gasteiger partial charge < -0.3 is 9.47 Å². The number of fused-ring (bicyclic) bond motifs is 1. The highest BCUT2D eigenvalue weighted by molar-refractivity contribution is 6.30. The average molecular weight is 416 g/mol. The van der Waals surface area contributed by atoms with E-state index in [0.717, 1.165) is 10.9 Å². The van der Waals surface area contributed by atoms with Crippen molar-refractivity contribution in [3.8, 4) is 5.75 Å². The quantitative estimate of drug-likeness (QED) is 0.425. The summed E-state index contributed by atoms with van der Waals surface area (Å²) in [4.78, 5) is 24.5. The lowest BCUT2D eigenvalue weighted by Gasteiger charge is -2.08. The fourth-order valence-corrected chi connectivity index (χ4v) is 3.34. The number of methoxy groups -OCH3 is 1. The van der Waals surface area contributed by atoms with Gasteiger partial charge in [0.1, 0.15) is 5.75 Å². The molecule has 5 nitrogen and oxygen atoms in total. The molecule has 150 valence electrons. The van der Waals surface area contributed by atoms with Gasteiger partial charge in [-0.2, -0.15) is 4.39 Å². The van der Waals surface area contributed by atoms with Crippen LogP contribution in [0, 0.1) is 6.92 Å². The van der Waals surface area contributed by atoms with E-state index in [4.69, 9.17) is 21.1 Å². The van der Waals surface area contributed by atoms with Gasteiger partial charge >= 0.3 is 5.97 Å². The van der Waals surface area contributed by atoms with E-state index in [1.54, 1.807) is 48.1 Å². The van der Waals surface area contributed by atoms with E-state index < -0.39 is 11.8 Å².